The van der Waals surface area contributed by atoms with E-state index >= 15 is 0 Å². The van der Waals surface area contributed by atoms with Gasteiger partial charge in [-0.3, -0.25) is 0 Å². The van der Waals surface area contributed by atoms with E-state index in [4.69, 9.17) is 0 Å². The first-order valence-electron chi connectivity index (χ1n) is 4.28. The molecule has 13 heavy (non-hydrogen) atoms. The molecule has 1 N–H and O–H groups in total. The third-order valence-electron chi connectivity index (χ3n) is 1.79. The van der Waals surface area contributed by atoms with Crippen LogP contribution in [0.5, 0.6) is 0 Å². The van der Waals surface area contributed by atoms with Crippen LogP contribution in [0, 0.1) is 0 Å². The fraction of sp³-hybridized carbons (Fsp3) is 0.273. The molecule has 0 aliphatic heterocycles. The Morgan fingerprint density at radius 2 is 2.00 bits per heavy atom. The van der Waals surface area contributed by atoms with E-state index in [9.17, 15) is 0 Å². The van der Waals surface area contributed by atoms with Crippen molar-refractivity contribution in [1.29, 1.82) is 0 Å². The number of hydrogen-bond acceptors (Lipinski definition) is 1. The summed E-state index contributed by atoms with van der Waals surface area (Å²) in [6.45, 7) is 4.87. The molecule has 0 atom stereocenters. The number of nitrogens with one attached hydrogen (secondary N) is 1. The molecule has 0 saturated carbocycles. The van der Waals surface area contributed by atoms with E-state index in [-0.39, 0.29) is 0 Å². The third-order valence-corrected chi connectivity index (χ3v) is 2.32. The average molecular weight is 240 g/mol. The Kier molecular flexibility index (Phi) is 4.19. The predicted molar refractivity (Wildman–Crippen MR) is 60.9 cm³/mol. The van der Waals surface area contributed by atoms with Gasteiger partial charge in [-0.1, -0.05) is 40.2 Å². The van der Waals surface area contributed by atoms with Crippen LogP contribution in [-0.4, -0.2) is 13.6 Å². The smallest absolute Gasteiger partial charge is 0.0175 e. The summed E-state index contributed by atoms with van der Waals surface area (Å²) in [5.74, 6) is 0. The minimum absolute atomic E-state index is 0.885. The molecule has 70 valence electrons. The molecular formula is C11H14BrN. The zero-order valence-electron chi connectivity index (χ0n) is 7.81. The van der Waals surface area contributed by atoms with Crippen molar-refractivity contribution in [2.24, 2.45) is 0 Å². The molecule has 0 radical (unpaired) electrons. The quantitative estimate of drug-likeness (QED) is 0.798. The molecule has 1 aromatic rings. The zero-order chi connectivity index (χ0) is 9.68. The topological polar surface area (TPSA) is 12.0 Å². The van der Waals surface area contributed by atoms with Gasteiger partial charge < -0.3 is 5.32 Å². The van der Waals surface area contributed by atoms with Crippen LogP contribution < -0.4 is 5.32 Å². The fourth-order valence-corrected chi connectivity index (χ4v) is 1.47. The second-order valence-electron chi connectivity index (χ2n) is 3.08. The van der Waals surface area contributed by atoms with E-state index < -0.39 is 0 Å². The molecule has 0 aromatic heterocycles. The van der Waals surface area contributed by atoms with Crippen molar-refractivity contribution in [3.8, 4) is 0 Å². The minimum Gasteiger partial charge on any atom is -0.316 e. The van der Waals surface area contributed by atoms with Gasteiger partial charge in [0, 0.05) is 11.0 Å². The number of hydrogen-bond donors (Lipinski definition) is 1. The van der Waals surface area contributed by atoms with E-state index in [1.807, 2.05) is 7.05 Å². The van der Waals surface area contributed by atoms with Crippen molar-refractivity contribution < 1.29 is 0 Å². The maximum Gasteiger partial charge on any atom is 0.0175 e. The van der Waals surface area contributed by atoms with Crippen LogP contribution in [0.4, 0.5) is 0 Å². The zero-order valence-corrected chi connectivity index (χ0v) is 9.39. The normalized spacial score (nSPS) is 10.0. The first-order valence-corrected chi connectivity index (χ1v) is 5.07. The largest absolute Gasteiger partial charge is 0.316 e. The molecule has 1 nitrogen and oxygen atoms in total. The summed E-state index contributed by atoms with van der Waals surface area (Å²) in [6.07, 6.45) is 0.952. The Hall–Kier alpha value is -0.600. The highest BCUT2D eigenvalue weighted by atomic mass is 79.9. The standard InChI is InChI=1S/C11H14BrN/c1-9(8-13-2)7-10-3-5-11(12)6-4-10/h3-6,13H,1,7-8H2,2H3. The van der Waals surface area contributed by atoms with E-state index in [0.717, 1.165) is 17.4 Å². The van der Waals surface area contributed by atoms with Crippen LogP contribution in [0.2, 0.25) is 0 Å². The van der Waals surface area contributed by atoms with Gasteiger partial charge >= 0.3 is 0 Å². The Morgan fingerprint density at radius 3 is 2.54 bits per heavy atom. The van der Waals surface area contributed by atoms with Crippen molar-refractivity contribution in [3.63, 3.8) is 0 Å². The second-order valence-corrected chi connectivity index (χ2v) is 4.00. The molecule has 0 aliphatic rings. The lowest BCUT2D eigenvalue weighted by molar-refractivity contribution is 0.857. The Balaban J connectivity index is 2.54. The predicted octanol–water partition coefficient (Wildman–Crippen LogP) is 2.77. The number of rotatable bonds is 4. The summed E-state index contributed by atoms with van der Waals surface area (Å²) in [6, 6.07) is 8.35. The Bertz CT molecular complexity index is 277. The molecule has 0 spiro atoms. The second kappa shape index (κ2) is 5.20. The first-order chi connectivity index (χ1) is 6.22. The van der Waals surface area contributed by atoms with Gasteiger partial charge in [-0.25, -0.2) is 0 Å². The summed E-state index contributed by atoms with van der Waals surface area (Å²) in [5.41, 5.74) is 2.52. The monoisotopic (exact) mass is 239 g/mol. The van der Waals surface area contributed by atoms with Crippen LogP contribution in [0.25, 0.3) is 0 Å². The van der Waals surface area contributed by atoms with E-state index in [2.05, 4.69) is 52.1 Å². The van der Waals surface area contributed by atoms with E-state index in [1.54, 1.807) is 0 Å². The number of benzene rings is 1. The summed E-state index contributed by atoms with van der Waals surface area (Å²) >= 11 is 3.41. The molecule has 2 heteroatoms. The maximum atomic E-state index is 3.99. The van der Waals surface area contributed by atoms with Crippen molar-refractivity contribution in [3.05, 3.63) is 46.5 Å². The van der Waals surface area contributed by atoms with Crippen molar-refractivity contribution in [2.75, 3.05) is 13.6 Å². The highest BCUT2D eigenvalue weighted by Crippen LogP contribution is 2.12. The molecule has 1 rings (SSSR count). The highest BCUT2D eigenvalue weighted by Gasteiger charge is 1.95. The van der Waals surface area contributed by atoms with E-state index in [0.29, 0.717) is 0 Å². The van der Waals surface area contributed by atoms with Crippen LogP contribution in [-0.2, 0) is 6.42 Å². The fourth-order valence-electron chi connectivity index (χ4n) is 1.20. The summed E-state index contributed by atoms with van der Waals surface area (Å²) in [5, 5.41) is 3.09. The van der Waals surface area contributed by atoms with Gasteiger partial charge in [0.05, 0.1) is 0 Å². The maximum absolute atomic E-state index is 3.99. The molecule has 0 heterocycles. The SMILES string of the molecule is C=C(CNC)Cc1ccc(Br)cc1. The van der Waals surface area contributed by atoms with Crippen molar-refractivity contribution in [1.82, 2.24) is 5.32 Å². The van der Waals surface area contributed by atoms with Crippen molar-refractivity contribution in [2.45, 2.75) is 6.42 Å². The third kappa shape index (κ3) is 3.75. The van der Waals surface area contributed by atoms with Gasteiger partial charge in [0.25, 0.3) is 0 Å². The lowest BCUT2D eigenvalue weighted by Gasteiger charge is -2.04. The summed E-state index contributed by atoms with van der Waals surface area (Å²) < 4.78 is 1.12. The summed E-state index contributed by atoms with van der Waals surface area (Å²) in [7, 11) is 1.94. The first kappa shape index (κ1) is 10.5. The Labute approximate surface area is 88.0 Å². The van der Waals surface area contributed by atoms with Crippen LogP contribution in [0.1, 0.15) is 5.56 Å². The molecule has 0 bridgehead atoms. The molecule has 0 amide bonds. The van der Waals surface area contributed by atoms with Gasteiger partial charge in [0.15, 0.2) is 0 Å². The lowest BCUT2D eigenvalue weighted by atomic mass is 10.1. The molecular weight excluding hydrogens is 226 g/mol. The van der Waals surface area contributed by atoms with Gasteiger partial charge in [0.1, 0.15) is 0 Å². The van der Waals surface area contributed by atoms with Crippen LogP contribution >= 0.6 is 15.9 Å². The molecule has 0 unspecified atom stereocenters. The lowest BCUT2D eigenvalue weighted by Crippen LogP contribution is -2.11. The molecule has 0 aliphatic carbocycles. The molecule has 0 fully saturated rings. The van der Waals surface area contributed by atoms with E-state index in [1.165, 1.54) is 11.1 Å². The summed E-state index contributed by atoms with van der Waals surface area (Å²) in [4.78, 5) is 0. The van der Waals surface area contributed by atoms with Gasteiger partial charge in [0.2, 0.25) is 0 Å². The Morgan fingerprint density at radius 1 is 1.38 bits per heavy atom. The van der Waals surface area contributed by atoms with Crippen molar-refractivity contribution >= 4 is 15.9 Å². The molecule has 1 aromatic carbocycles. The van der Waals surface area contributed by atoms with Crippen LogP contribution in [0.15, 0.2) is 40.9 Å². The average Bonchev–Trinajstić information content (AvgIpc) is 2.09. The minimum atomic E-state index is 0.885. The highest BCUT2D eigenvalue weighted by molar-refractivity contribution is 9.10. The van der Waals surface area contributed by atoms with Gasteiger partial charge in [-0.05, 0) is 31.2 Å². The molecule has 0 saturated heterocycles. The van der Waals surface area contributed by atoms with Gasteiger partial charge in [-0.15, -0.1) is 0 Å². The van der Waals surface area contributed by atoms with Crippen LogP contribution in [0.3, 0.4) is 0 Å². The van der Waals surface area contributed by atoms with Gasteiger partial charge in [-0.2, -0.15) is 0 Å². The number of likely N-dealkylation sites (N-methyl/N-ethyl adjacent to an activating group) is 1. The number of halogens is 1.